The molecule has 1 atom stereocenters. The van der Waals surface area contributed by atoms with Gasteiger partial charge in [0.1, 0.15) is 5.54 Å². The molecule has 2 aromatic carbocycles. The first-order valence-corrected chi connectivity index (χ1v) is 8.29. The Labute approximate surface area is 147 Å². The molecule has 1 heterocycles. The number of urea groups is 1. The fourth-order valence-electron chi connectivity index (χ4n) is 2.86. The number of carbonyl (C=O) groups excluding carboxylic acids is 2. The monoisotopic (exact) mass is 335 g/mol. The minimum absolute atomic E-state index is 0.322. The maximum Gasteiger partial charge on any atom is 0.346 e. The van der Waals surface area contributed by atoms with Crippen LogP contribution >= 0.6 is 0 Å². The van der Waals surface area contributed by atoms with E-state index in [0.717, 1.165) is 21.7 Å². The molecule has 3 rings (SSSR count). The van der Waals surface area contributed by atoms with E-state index in [-0.39, 0.29) is 5.91 Å². The number of imide groups is 1. The Hall–Kier alpha value is -2.95. The lowest BCUT2D eigenvalue weighted by Crippen LogP contribution is -2.44. The van der Waals surface area contributed by atoms with Gasteiger partial charge in [-0.25, -0.2) is 4.79 Å². The molecule has 0 aromatic heterocycles. The van der Waals surface area contributed by atoms with Gasteiger partial charge in [0.25, 0.3) is 5.91 Å². The lowest BCUT2D eigenvalue weighted by atomic mass is 9.93. The van der Waals surface area contributed by atoms with Crippen molar-refractivity contribution in [2.75, 3.05) is 0 Å². The number of hydrazone groups is 1. The lowest BCUT2D eigenvalue weighted by Gasteiger charge is -2.20. The quantitative estimate of drug-likeness (QED) is 0.673. The second-order valence-electron chi connectivity index (χ2n) is 6.52. The Balaban J connectivity index is 1.70. The third-order valence-electron chi connectivity index (χ3n) is 4.36. The fourth-order valence-corrected chi connectivity index (χ4v) is 2.86. The summed E-state index contributed by atoms with van der Waals surface area (Å²) in [6, 6.07) is 17.1. The maximum atomic E-state index is 12.7. The van der Waals surface area contributed by atoms with E-state index < -0.39 is 11.6 Å². The molecule has 1 aliphatic rings. The van der Waals surface area contributed by atoms with Crippen molar-refractivity contribution in [2.24, 2.45) is 5.10 Å². The van der Waals surface area contributed by atoms with Crippen LogP contribution in [-0.4, -0.2) is 28.7 Å². The first-order chi connectivity index (χ1) is 12.0. The van der Waals surface area contributed by atoms with Crippen LogP contribution in [0.4, 0.5) is 4.79 Å². The predicted molar refractivity (Wildman–Crippen MR) is 97.3 cm³/mol. The summed E-state index contributed by atoms with van der Waals surface area (Å²) in [5.41, 5.74) is 2.14. The van der Waals surface area contributed by atoms with E-state index in [1.165, 1.54) is 6.21 Å². The molecule has 0 radical (unpaired) electrons. The molecule has 1 fully saturated rings. The summed E-state index contributed by atoms with van der Waals surface area (Å²) < 4.78 is 0. The third kappa shape index (κ3) is 3.76. The summed E-state index contributed by atoms with van der Waals surface area (Å²) in [5.74, 6) is -0.322. The van der Waals surface area contributed by atoms with E-state index >= 15 is 0 Å². The van der Waals surface area contributed by atoms with Crippen LogP contribution < -0.4 is 5.32 Å². The van der Waals surface area contributed by atoms with Gasteiger partial charge < -0.3 is 5.32 Å². The minimum atomic E-state index is -0.934. The highest BCUT2D eigenvalue weighted by atomic mass is 16.2. The van der Waals surface area contributed by atoms with Crippen molar-refractivity contribution >= 4 is 18.2 Å². The largest absolute Gasteiger partial charge is 0.346 e. The average Bonchev–Trinajstić information content (AvgIpc) is 2.82. The Morgan fingerprint density at radius 3 is 2.60 bits per heavy atom. The van der Waals surface area contributed by atoms with Crippen molar-refractivity contribution in [1.82, 2.24) is 10.3 Å². The Morgan fingerprint density at radius 1 is 1.12 bits per heavy atom. The number of aryl methyl sites for hydroxylation is 2. The molecule has 0 aliphatic carbocycles. The number of hydrogen-bond acceptors (Lipinski definition) is 3. The van der Waals surface area contributed by atoms with E-state index in [9.17, 15) is 9.59 Å². The first kappa shape index (κ1) is 16.9. The summed E-state index contributed by atoms with van der Waals surface area (Å²) in [6.07, 6.45) is 2.77. The zero-order chi connectivity index (χ0) is 17.9. The maximum absolute atomic E-state index is 12.7. The minimum Gasteiger partial charge on any atom is -0.322 e. The van der Waals surface area contributed by atoms with Crippen molar-refractivity contribution < 1.29 is 9.59 Å². The number of nitrogens with one attached hydrogen (secondary N) is 1. The van der Waals surface area contributed by atoms with Crippen molar-refractivity contribution in [2.45, 2.75) is 32.2 Å². The number of benzene rings is 2. The number of carbonyl (C=O) groups is 2. The summed E-state index contributed by atoms with van der Waals surface area (Å²) in [5, 5.41) is 7.79. The SMILES string of the molecule is Cc1cccc(/C=N\N2C(=O)N[C@@](C)(CCc3ccccc3)C2=O)c1. The van der Waals surface area contributed by atoms with Gasteiger partial charge in [-0.2, -0.15) is 5.10 Å². The van der Waals surface area contributed by atoms with Crippen LogP contribution in [0.1, 0.15) is 30.0 Å². The number of nitrogens with zero attached hydrogens (tertiary/aromatic N) is 2. The molecule has 25 heavy (non-hydrogen) atoms. The van der Waals surface area contributed by atoms with Gasteiger partial charge >= 0.3 is 6.03 Å². The zero-order valence-electron chi connectivity index (χ0n) is 14.4. The van der Waals surface area contributed by atoms with E-state index in [4.69, 9.17) is 0 Å². The molecule has 5 heteroatoms. The van der Waals surface area contributed by atoms with Crippen LogP contribution in [0.15, 0.2) is 59.7 Å². The van der Waals surface area contributed by atoms with Crippen molar-refractivity contribution in [3.63, 3.8) is 0 Å². The molecule has 1 aliphatic heterocycles. The Morgan fingerprint density at radius 2 is 1.88 bits per heavy atom. The molecule has 0 saturated carbocycles. The highest BCUT2D eigenvalue weighted by molar-refractivity contribution is 6.07. The average molecular weight is 335 g/mol. The smallest absolute Gasteiger partial charge is 0.322 e. The summed E-state index contributed by atoms with van der Waals surface area (Å²) >= 11 is 0. The highest BCUT2D eigenvalue weighted by Crippen LogP contribution is 2.23. The molecular weight excluding hydrogens is 314 g/mol. The zero-order valence-corrected chi connectivity index (χ0v) is 14.4. The summed E-state index contributed by atoms with van der Waals surface area (Å²) in [4.78, 5) is 24.9. The standard InChI is InChI=1S/C20H21N3O2/c1-15-7-6-10-17(13-15)14-21-23-18(24)20(2,22-19(23)25)12-11-16-8-4-3-5-9-16/h3-10,13-14H,11-12H2,1-2H3,(H,22,25)/b21-14-/t20-/m0/s1. The Kier molecular flexibility index (Phi) is 4.65. The summed E-state index contributed by atoms with van der Waals surface area (Å²) in [7, 11) is 0. The van der Waals surface area contributed by atoms with Gasteiger partial charge in [0.15, 0.2) is 0 Å². The van der Waals surface area contributed by atoms with Gasteiger partial charge in [-0.05, 0) is 37.8 Å². The molecule has 0 bridgehead atoms. The molecule has 3 amide bonds. The molecule has 1 N–H and O–H groups in total. The van der Waals surface area contributed by atoms with Gasteiger partial charge in [-0.1, -0.05) is 60.2 Å². The van der Waals surface area contributed by atoms with Gasteiger partial charge in [0.2, 0.25) is 0 Å². The predicted octanol–water partition coefficient (Wildman–Crippen LogP) is 3.27. The third-order valence-corrected chi connectivity index (χ3v) is 4.36. The number of hydrogen-bond donors (Lipinski definition) is 1. The number of amides is 3. The lowest BCUT2D eigenvalue weighted by molar-refractivity contribution is -0.130. The summed E-state index contributed by atoms with van der Waals surface area (Å²) in [6.45, 7) is 3.73. The van der Waals surface area contributed by atoms with Crippen LogP contribution in [0.2, 0.25) is 0 Å². The van der Waals surface area contributed by atoms with Crippen LogP contribution in [0.5, 0.6) is 0 Å². The van der Waals surface area contributed by atoms with Crippen molar-refractivity contribution in [3.8, 4) is 0 Å². The molecule has 128 valence electrons. The fraction of sp³-hybridized carbons (Fsp3) is 0.250. The second-order valence-corrected chi connectivity index (χ2v) is 6.52. The van der Waals surface area contributed by atoms with Gasteiger partial charge in [0, 0.05) is 0 Å². The van der Waals surface area contributed by atoms with Crippen LogP contribution in [0.3, 0.4) is 0 Å². The van der Waals surface area contributed by atoms with Gasteiger partial charge in [0.05, 0.1) is 6.21 Å². The van der Waals surface area contributed by atoms with E-state index in [1.807, 2.05) is 61.5 Å². The topological polar surface area (TPSA) is 61.8 Å². The van der Waals surface area contributed by atoms with Crippen molar-refractivity contribution in [3.05, 3.63) is 71.3 Å². The molecule has 5 nitrogen and oxygen atoms in total. The van der Waals surface area contributed by atoms with Crippen molar-refractivity contribution in [1.29, 1.82) is 0 Å². The van der Waals surface area contributed by atoms with Gasteiger partial charge in [-0.15, -0.1) is 5.01 Å². The normalized spacial score (nSPS) is 20.3. The van der Waals surface area contributed by atoms with Crippen LogP contribution in [0, 0.1) is 6.92 Å². The van der Waals surface area contributed by atoms with E-state index in [2.05, 4.69) is 10.4 Å². The second kappa shape index (κ2) is 6.89. The van der Waals surface area contributed by atoms with E-state index in [1.54, 1.807) is 6.92 Å². The van der Waals surface area contributed by atoms with Crippen LogP contribution in [0.25, 0.3) is 0 Å². The Bertz CT molecular complexity index is 817. The molecule has 2 aromatic rings. The molecule has 0 spiro atoms. The molecule has 0 unspecified atom stereocenters. The number of rotatable bonds is 5. The first-order valence-electron chi connectivity index (χ1n) is 8.29. The molecular formula is C20H21N3O2. The highest BCUT2D eigenvalue weighted by Gasteiger charge is 2.47. The van der Waals surface area contributed by atoms with Crippen LogP contribution in [-0.2, 0) is 11.2 Å². The van der Waals surface area contributed by atoms with Gasteiger partial charge in [-0.3, -0.25) is 4.79 Å². The molecule has 1 saturated heterocycles. The van der Waals surface area contributed by atoms with E-state index in [0.29, 0.717) is 12.8 Å².